The van der Waals surface area contributed by atoms with Gasteiger partial charge < -0.3 is 0 Å². The van der Waals surface area contributed by atoms with Crippen molar-refractivity contribution >= 4 is 34.8 Å². The summed E-state index contributed by atoms with van der Waals surface area (Å²) in [5.41, 5.74) is 4.89. The number of aromatic nitrogens is 2. The van der Waals surface area contributed by atoms with Crippen LogP contribution in [0.2, 0.25) is 15.1 Å². The maximum Gasteiger partial charge on any atom is 0.0840 e. The first kappa shape index (κ1) is 15.4. The third kappa shape index (κ3) is 2.74. The molecular formula is C17H13Cl3N2. The lowest BCUT2D eigenvalue weighted by Crippen LogP contribution is -2.00. The Bertz CT molecular complexity index is 836. The van der Waals surface area contributed by atoms with Gasteiger partial charge in [0.2, 0.25) is 0 Å². The second-order valence-electron chi connectivity index (χ2n) is 5.07. The summed E-state index contributed by atoms with van der Waals surface area (Å²) in [5.74, 6) is 0. The normalized spacial score (nSPS) is 11.0. The van der Waals surface area contributed by atoms with E-state index in [9.17, 15) is 0 Å². The van der Waals surface area contributed by atoms with Crippen molar-refractivity contribution in [2.75, 3.05) is 0 Å². The van der Waals surface area contributed by atoms with Crippen LogP contribution in [0.15, 0.2) is 42.5 Å². The van der Waals surface area contributed by atoms with E-state index in [4.69, 9.17) is 34.8 Å². The molecule has 0 fully saturated rings. The second-order valence-corrected chi connectivity index (χ2v) is 6.35. The molecule has 0 saturated carbocycles. The highest BCUT2D eigenvalue weighted by molar-refractivity contribution is 6.35. The molecule has 22 heavy (non-hydrogen) atoms. The van der Waals surface area contributed by atoms with Crippen LogP contribution < -0.4 is 0 Å². The minimum absolute atomic E-state index is 0.560. The largest absolute Gasteiger partial charge is 0.231 e. The van der Waals surface area contributed by atoms with E-state index in [2.05, 4.69) is 5.10 Å². The lowest BCUT2D eigenvalue weighted by Gasteiger charge is -2.11. The standard InChI is InChI=1S/C17H13Cl3N2/c1-10-11(2)21-22(16-8-7-14(19)9-15(16)20)17(10)12-3-5-13(18)6-4-12/h3-9H,1-2H3. The van der Waals surface area contributed by atoms with Gasteiger partial charge in [-0.1, -0.05) is 46.9 Å². The summed E-state index contributed by atoms with van der Waals surface area (Å²) in [6.07, 6.45) is 0. The fourth-order valence-electron chi connectivity index (χ4n) is 2.38. The van der Waals surface area contributed by atoms with Crippen LogP contribution >= 0.6 is 34.8 Å². The molecule has 2 nitrogen and oxygen atoms in total. The smallest absolute Gasteiger partial charge is 0.0840 e. The molecule has 2 aromatic carbocycles. The van der Waals surface area contributed by atoms with E-state index >= 15 is 0 Å². The Kier molecular flexibility index (Phi) is 4.18. The number of benzene rings is 2. The Labute approximate surface area is 144 Å². The topological polar surface area (TPSA) is 17.8 Å². The lowest BCUT2D eigenvalue weighted by atomic mass is 10.1. The van der Waals surface area contributed by atoms with Crippen LogP contribution in [-0.4, -0.2) is 9.78 Å². The molecule has 1 heterocycles. The molecule has 112 valence electrons. The summed E-state index contributed by atoms with van der Waals surface area (Å²) in [6, 6.07) is 13.1. The van der Waals surface area contributed by atoms with Gasteiger partial charge in [-0.25, -0.2) is 4.68 Å². The number of halogens is 3. The molecule has 3 rings (SSSR count). The van der Waals surface area contributed by atoms with Crippen molar-refractivity contribution in [3.8, 4) is 16.9 Å². The zero-order chi connectivity index (χ0) is 15.9. The Hall–Kier alpha value is -1.48. The quantitative estimate of drug-likeness (QED) is 0.544. The van der Waals surface area contributed by atoms with Gasteiger partial charge >= 0.3 is 0 Å². The predicted molar refractivity (Wildman–Crippen MR) is 93.5 cm³/mol. The summed E-state index contributed by atoms with van der Waals surface area (Å²) < 4.78 is 1.85. The monoisotopic (exact) mass is 350 g/mol. The summed E-state index contributed by atoms with van der Waals surface area (Å²) >= 11 is 18.3. The van der Waals surface area contributed by atoms with Crippen LogP contribution in [0.5, 0.6) is 0 Å². The third-order valence-corrected chi connectivity index (χ3v) is 4.41. The van der Waals surface area contributed by atoms with Gasteiger partial charge in [0.05, 0.1) is 22.1 Å². The van der Waals surface area contributed by atoms with Crippen LogP contribution in [0.25, 0.3) is 16.9 Å². The van der Waals surface area contributed by atoms with E-state index < -0.39 is 0 Å². The summed E-state index contributed by atoms with van der Waals surface area (Å²) in [5, 5.41) is 6.49. The molecule has 0 radical (unpaired) electrons. The molecule has 0 N–H and O–H groups in total. The maximum atomic E-state index is 6.34. The minimum atomic E-state index is 0.560. The molecule has 3 aromatic rings. The van der Waals surface area contributed by atoms with Crippen molar-refractivity contribution in [2.24, 2.45) is 0 Å². The molecular weight excluding hydrogens is 339 g/mol. The number of hydrogen-bond donors (Lipinski definition) is 0. The average Bonchev–Trinajstić information content (AvgIpc) is 2.76. The average molecular weight is 352 g/mol. The van der Waals surface area contributed by atoms with E-state index in [0.29, 0.717) is 15.1 Å². The summed E-state index contributed by atoms with van der Waals surface area (Å²) in [7, 11) is 0. The molecule has 0 atom stereocenters. The molecule has 0 spiro atoms. The van der Waals surface area contributed by atoms with Gasteiger partial charge in [0.1, 0.15) is 0 Å². The number of hydrogen-bond acceptors (Lipinski definition) is 1. The summed E-state index contributed by atoms with van der Waals surface area (Å²) in [4.78, 5) is 0. The van der Waals surface area contributed by atoms with E-state index in [1.54, 1.807) is 12.1 Å². The Morgan fingerprint density at radius 2 is 1.50 bits per heavy atom. The van der Waals surface area contributed by atoms with Gasteiger partial charge in [-0.3, -0.25) is 0 Å². The fourth-order valence-corrected chi connectivity index (χ4v) is 2.99. The molecule has 0 aliphatic carbocycles. The van der Waals surface area contributed by atoms with Gasteiger partial charge in [0.25, 0.3) is 0 Å². The van der Waals surface area contributed by atoms with Crippen molar-refractivity contribution in [3.05, 3.63) is 68.8 Å². The van der Waals surface area contributed by atoms with Crippen LogP contribution in [0, 0.1) is 13.8 Å². The summed E-state index contributed by atoms with van der Waals surface area (Å²) in [6.45, 7) is 4.03. The SMILES string of the molecule is Cc1nn(-c2ccc(Cl)cc2Cl)c(-c2ccc(Cl)cc2)c1C. The molecule has 1 aromatic heterocycles. The minimum Gasteiger partial charge on any atom is -0.231 e. The molecule has 0 aliphatic rings. The molecule has 0 unspecified atom stereocenters. The Balaban J connectivity index is 2.25. The second kappa shape index (κ2) is 5.96. The number of nitrogens with zero attached hydrogens (tertiary/aromatic N) is 2. The van der Waals surface area contributed by atoms with Crippen LogP contribution in [0.3, 0.4) is 0 Å². The molecule has 0 aliphatic heterocycles. The highest BCUT2D eigenvalue weighted by Crippen LogP contribution is 2.32. The first-order chi connectivity index (χ1) is 10.5. The number of aryl methyl sites for hydroxylation is 1. The van der Waals surface area contributed by atoms with Crippen molar-refractivity contribution in [1.29, 1.82) is 0 Å². The third-order valence-electron chi connectivity index (χ3n) is 3.62. The Morgan fingerprint density at radius 1 is 0.864 bits per heavy atom. The van der Waals surface area contributed by atoms with Crippen LogP contribution in [-0.2, 0) is 0 Å². The van der Waals surface area contributed by atoms with Crippen molar-refractivity contribution in [2.45, 2.75) is 13.8 Å². The number of rotatable bonds is 2. The molecule has 0 bridgehead atoms. The van der Waals surface area contributed by atoms with Gasteiger partial charge in [-0.05, 0) is 49.7 Å². The molecule has 5 heteroatoms. The highest BCUT2D eigenvalue weighted by Gasteiger charge is 2.16. The van der Waals surface area contributed by atoms with Crippen molar-refractivity contribution in [1.82, 2.24) is 9.78 Å². The van der Waals surface area contributed by atoms with Crippen molar-refractivity contribution < 1.29 is 0 Å². The van der Waals surface area contributed by atoms with E-state index in [-0.39, 0.29) is 0 Å². The van der Waals surface area contributed by atoms with Crippen molar-refractivity contribution in [3.63, 3.8) is 0 Å². The fraction of sp³-hybridized carbons (Fsp3) is 0.118. The highest BCUT2D eigenvalue weighted by atomic mass is 35.5. The van der Waals surface area contributed by atoms with Gasteiger partial charge in [-0.15, -0.1) is 0 Å². The van der Waals surface area contributed by atoms with E-state index in [1.165, 1.54) is 0 Å². The van der Waals surface area contributed by atoms with E-state index in [1.807, 2.05) is 48.9 Å². The molecule has 0 saturated heterocycles. The first-order valence-electron chi connectivity index (χ1n) is 6.75. The van der Waals surface area contributed by atoms with Gasteiger partial charge in [-0.2, -0.15) is 5.10 Å². The van der Waals surface area contributed by atoms with Gasteiger partial charge in [0.15, 0.2) is 0 Å². The molecule has 0 amide bonds. The predicted octanol–water partition coefficient (Wildman–Crippen LogP) is 6.12. The van der Waals surface area contributed by atoms with E-state index in [0.717, 1.165) is 28.2 Å². The first-order valence-corrected chi connectivity index (χ1v) is 7.88. The zero-order valence-electron chi connectivity index (χ0n) is 12.1. The zero-order valence-corrected chi connectivity index (χ0v) is 14.3. The van der Waals surface area contributed by atoms with Gasteiger partial charge in [0, 0.05) is 15.6 Å². The lowest BCUT2D eigenvalue weighted by molar-refractivity contribution is 0.869. The van der Waals surface area contributed by atoms with Crippen LogP contribution in [0.1, 0.15) is 11.3 Å². The maximum absolute atomic E-state index is 6.34. The van der Waals surface area contributed by atoms with Crippen LogP contribution in [0.4, 0.5) is 0 Å². The Morgan fingerprint density at radius 3 is 2.14 bits per heavy atom.